The van der Waals surface area contributed by atoms with E-state index in [1.165, 1.54) is 12.1 Å². The molecule has 33 heavy (non-hydrogen) atoms. The Morgan fingerprint density at radius 2 is 1.73 bits per heavy atom. The van der Waals surface area contributed by atoms with E-state index in [4.69, 9.17) is 8.92 Å². The number of rotatable bonds is 8. The highest BCUT2D eigenvalue weighted by Crippen LogP contribution is 2.32. The van der Waals surface area contributed by atoms with Gasteiger partial charge in [-0.25, -0.2) is 0 Å². The van der Waals surface area contributed by atoms with E-state index in [1.807, 2.05) is 35.2 Å². The van der Waals surface area contributed by atoms with Crippen molar-refractivity contribution in [1.29, 1.82) is 0 Å². The standard InChI is InChI=1S/C19H20F3NO4S.C3H6O2/c1-28(24,25)26-13-16-11-18(12-23(16)15-5-3-2-4-6-15)27-17-9-7-14(8-10-17)19(20,21)22;1-2-5-3-4/h2-10,16,18H,11-13H2,1H3;3H,2H2,1H3/t16-,18-;/m0./s1. The zero-order chi connectivity index (χ0) is 24.5. The number of alkyl halides is 3. The third kappa shape index (κ3) is 8.93. The minimum Gasteiger partial charge on any atom is -0.489 e. The van der Waals surface area contributed by atoms with Crippen molar-refractivity contribution >= 4 is 22.3 Å². The number of anilines is 1. The van der Waals surface area contributed by atoms with Gasteiger partial charge in [-0.15, -0.1) is 0 Å². The average Bonchev–Trinajstić information content (AvgIpc) is 3.16. The molecule has 0 aliphatic carbocycles. The van der Waals surface area contributed by atoms with E-state index < -0.39 is 21.9 Å². The highest BCUT2D eigenvalue weighted by molar-refractivity contribution is 7.85. The van der Waals surface area contributed by atoms with Gasteiger partial charge in [0, 0.05) is 12.1 Å². The number of ether oxygens (including phenoxy) is 2. The first-order valence-corrected chi connectivity index (χ1v) is 11.9. The normalized spacial score (nSPS) is 18.3. The molecule has 1 saturated heterocycles. The highest BCUT2D eigenvalue weighted by atomic mass is 32.2. The van der Waals surface area contributed by atoms with Crippen molar-refractivity contribution in [2.24, 2.45) is 0 Å². The van der Waals surface area contributed by atoms with E-state index in [0.717, 1.165) is 24.1 Å². The maximum Gasteiger partial charge on any atom is 0.416 e. The van der Waals surface area contributed by atoms with Crippen LogP contribution < -0.4 is 9.64 Å². The Hall–Kier alpha value is -2.79. The van der Waals surface area contributed by atoms with Gasteiger partial charge >= 0.3 is 6.18 Å². The van der Waals surface area contributed by atoms with Gasteiger partial charge < -0.3 is 14.4 Å². The summed E-state index contributed by atoms with van der Waals surface area (Å²) in [6.07, 6.45) is -3.24. The first-order valence-electron chi connectivity index (χ1n) is 10.1. The molecule has 11 heteroatoms. The molecule has 1 aliphatic heterocycles. The summed E-state index contributed by atoms with van der Waals surface area (Å²) >= 11 is 0. The third-order valence-corrected chi connectivity index (χ3v) is 5.22. The van der Waals surface area contributed by atoms with E-state index >= 15 is 0 Å². The van der Waals surface area contributed by atoms with Crippen LogP contribution in [0, 0.1) is 0 Å². The molecule has 2 aromatic carbocycles. The Morgan fingerprint density at radius 3 is 2.21 bits per heavy atom. The summed E-state index contributed by atoms with van der Waals surface area (Å²) in [5.74, 6) is 0.329. The van der Waals surface area contributed by atoms with Gasteiger partial charge in [0.2, 0.25) is 0 Å². The van der Waals surface area contributed by atoms with Crippen molar-refractivity contribution in [2.45, 2.75) is 31.7 Å². The van der Waals surface area contributed by atoms with Crippen molar-refractivity contribution < 1.29 is 40.0 Å². The van der Waals surface area contributed by atoms with E-state index in [2.05, 4.69) is 4.74 Å². The van der Waals surface area contributed by atoms with Crippen LogP contribution in [0.2, 0.25) is 0 Å². The van der Waals surface area contributed by atoms with Crippen LogP contribution in [0.5, 0.6) is 5.75 Å². The van der Waals surface area contributed by atoms with Crippen LogP contribution in [0.3, 0.4) is 0 Å². The maximum absolute atomic E-state index is 12.7. The molecule has 1 aliphatic rings. The summed E-state index contributed by atoms with van der Waals surface area (Å²) in [4.78, 5) is 11.2. The number of carbonyl (C=O) groups is 1. The molecule has 0 saturated carbocycles. The molecule has 3 rings (SSSR count). The SMILES string of the molecule is CCOC=O.CS(=O)(=O)OC[C@@H]1C[C@H](Oc2ccc(C(F)(F)F)cc2)CN1c1ccccc1. The molecule has 7 nitrogen and oxygen atoms in total. The lowest BCUT2D eigenvalue weighted by molar-refractivity contribution is -0.137. The third-order valence-electron chi connectivity index (χ3n) is 4.66. The average molecular weight is 490 g/mol. The predicted octanol–water partition coefficient (Wildman–Crippen LogP) is 3.89. The van der Waals surface area contributed by atoms with Crippen LogP contribution in [-0.2, 0) is 30.0 Å². The molecule has 182 valence electrons. The van der Waals surface area contributed by atoms with Crippen LogP contribution in [0.4, 0.5) is 18.9 Å². The second-order valence-corrected chi connectivity index (χ2v) is 8.82. The van der Waals surface area contributed by atoms with E-state index in [1.54, 1.807) is 6.92 Å². The van der Waals surface area contributed by atoms with Gasteiger partial charge in [-0.1, -0.05) is 18.2 Å². The lowest BCUT2D eigenvalue weighted by Gasteiger charge is -2.25. The molecule has 0 amide bonds. The summed E-state index contributed by atoms with van der Waals surface area (Å²) in [5.41, 5.74) is 0.153. The molecule has 1 heterocycles. The monoisotopic (exact) mass is 489 g/mol. The summed E-state index contributed by atoms with van der Waals surface area (Å²) in [5, 5.41) is 0. The van der Waals surface area contributed by atoms with E-state index in [0.29, 0.717) is 31.8 Å². The zero-order valence-corrected chi connectivity index (χ0v) is 19.0. The molecule has 0 spiro atoms. The van der Waals surface area contributed by atoms with Gasteiger partial charge in [-0.2, -0.15) is 21.6 Å². The van der Waals surface area contributed by atoms with Crippen LogP contribution >= 0.6 is 0 Å². The van der Waals surface area contributed by atoms with Crippen molar-refractivity contribution in [2.75, 3.05) is 30.9 Å². The van der Waals surface area contributed by atoms with Crippen LogP contribution in [-0.4, -0.2) is 53.1 Å². The largest absolute Gasteiger partial charge is 0.489 e. The Morgan fingerprint density at radius 1 is 1.09 bits per heavy atom. The lowest BCUT2D eigenvalue weighted by Crippen LogP contribution is -2.34. The smallest absolute Gasteiger partial charge is 0.416 e. The summed E-state index contributed by atoms with van der Waals surface area (Å²) < 4.78 is 75.7. The Kier molecular flexibility index (Phi) is 9.54. The number of carbonyl (C=O) groups excluding carboxylic acids is 1. The number of benzene rings is 2. The summed E-state index contributed by atoms with van der Waals surface area (Å²) in [6, 6.07) is 13.7. The van der Waals surface area contributed by atoms with Gasteiger partial charge in [0.1, 0.15) is 11.9 Å². The van der Waals surface area contributed by atoms with Gasteiger partial charge in [-0.05, 0) is 43.3 Å². The predicted molar refractivity (Wildman–Crippen MR) is 117 cm³/mol. The molecule has 2 atom stereocenters. The quantitative estimate of drug-likeness (QED) is 0.411. The molecule has 0 unspecified atom stereocenters. The minimum absolute atomic E-state index is 0.0272. The number of para-hydroxylation sites is 1. The molecule has 0 aromatic heterocycles. The Balaban J connectivity index is 0.000000696. The second kappa shape index (κ2) is 11.9. The first kappa shape index (κ1) is 26.5. The molecular formula is C22H26F3NO6S. The minimum atomic E-state index is -4.40. The number of nitrogens with zero attached hydrogens (tertiary/aromatic N) is 1. The fraction of sp³-hybridized carbons (Fsp3) is 0.409. The van der Waals surface area contributed by atoms with Crippen LogP contribution in [0.15, 0.2) is 54.6 Å². The molecule has 0 N–H and O–H groups in total. The Bertz CT molecular complexity index is 968. The zero-order valence-electron chi connectivity index (χ0n) is 18.2. The number of hydrogen-bond acceptors (Lipinski definition) is 7. The van der Waals surface area contributed by atoms with Crippen molar-refractivity contribution in [3.05, 3.63) is 60.2 Å². The summed E-state index contributed by atoms with van der Waals surface area (Å²) in [7, 11) is -3.59. The lowest BCUT2D eigenvalue weighted by atomic mass is 10.2. The number of hydrogen-bond donors (Lipinski definition) is 0. The van der Waals surface area contributed by atoms with Gasteiger partial charge in [0.05, 0.1) is 37.6 Å². The maximum atomic E-state index is 12.7. The molecular weight excluding hydrogens is 463 g/mol. The van der Waals surface area contributed by atoms with E-state index in [9.17, 15) is 26.4 Å². The second-order valence-electron chi connectivity index (χ2n) is 7.18. The van der Waals surface area contributed by atoms with Crippen LogP contribution in [0.25, 0.3) is 0 Å². The molecule has 0 bridgehead atoms. The Labute approximate surface area is 191 Å². The van der Waals surface area contributed by atoms with Crippen molar-refractivity contribution in [3.63, 3.8) is 0 Å². The molecule has 1 fully saturated rings. The van der Waals surface area contributed by atoms with Gasteiger partial charge in [0.15, 0.2) is 0 Å². The van der Waals surface area contributed by atoms with Gasteiger partial charge in [-0.3, -0.25) is 8.98 Å². The van der Waals surface area contributed by atoms with Gasteiger partial charge in [0.25, 0.3) is 16.6 Å². The van der Waals surface area contributed by atoms with Crippen molar-refractivity contribution in [3.8, 4) is 5.75 Å². The number of halogens is 3. The van der Waals surface area contributed by atoms with Crippen LogP contribution in [0.1, 0.15) is 18.9 Å². The highest BCUT2D eigenvalue weighted by Gasteiger charge is 2.35. The fourth-order valence-corrected chi connectivity index (χ4v) is 3.64. The van der Waals surface area contributed by atoms with Crippen molar-refractivity contribution in [1.82, 2.24) is 0 Å². The molecule has 0 radical (unpaired) electrons. The fourth-order valence-electron chi connectivity index (χ4n) is 3.24. The topological polar surface area (TPSA) is 82.1 Å². The summed E-state index contributed by atoms with van der Waals surface area (Å²) in [6.45, 7) is 3.10. The first-order chi connectivity index (χ1) is 15.5. The van der Waals surface area contributed by atoms with E-state index in [-0.39, 0.29) is 18.8 Å². The molecule has 2 aromatic rings.